The molecule has 0 aliphatic rings. The maximum atomic E-state index is 11.9. The van der Waals surface area contributed by atoms with Gasteiger partial charge in [0.1, 0.15) is 5.82 Å². The van der Waals surface area contributed by atoms with Crippen LogP contribution in [0.15, 0.2) is 42.7 Å². The Hall–Kier alpha value is -2.14. The van der Waals surface area contributed by atoms with Gasteiger partial charge in [-0.2, -0.15) is 0 Å². The fourth-order valence-corrected chi connectivity index (χ4v) is 2.16. The molecule has 0 saturated carbocycles. The first-order valence-electron chi connectivity index (χ1n) is 7.20. The topological polar surface area (TPSA) is 72.9 Å². The van der Waals surface area contributed by atoms with E-state index in [0.717, 1.165) is 12.2 Å². The largest absolute Gasteiger partial charge is 0.354 e. The molecule has 5 heteroatoms. The quantitative estimate of drug-likeness (QED) is 0.798. The van der Waals surface area contributed by atoms with Gasteiger partial charge in [0.2, 0.25) is 5.91 Å². The predicted octanol–water partition coefficient (Wildman–Crippen LogP) is 1.04. The van der Waals surface area contributed by atoms with E-state index in [1.807, 2.05) is 48.1 Å². The first-order valence-corrected chi connectivity index (χ1v) is 7.20. The number of carbonyl (C=O) groups excluding carboxylic acids is 1. The van der Waals surface area contributed by atoms with Crippen LogP contribution in [0.4, 0.5) is 0 Å². The smallest absolute Gasteiger partial charge is 0.236 e. The first kappa shape index (κ1) is 15.3. The summed E-state index contributed by atoms with van der Waals surface area (Å²) >= 11 is 0. The number of nitrogens with two attached hydrogens (primary N) is 1. The van der Waals surface area contributed by atoms with Gasteiger partial charge in [-0.15, -0.1) is 0 Å². The lowest BCUT2D eigenvalue weighted by molar-refractivity contribution is -0.122. The first-order chi connectivity index (χ1) is 10.2. The zero-order chi connectivity index (χ0) is 15.1. The molecule has 1 atom stereocenters. The summed E-state index contributed by atoms with van der Waals surface area (Å²) in [6.07, 6.45) is 5.82. The molecule has 3 N–H and O–H groups in total. The van der Waals surface area contributed by atoms with Gasteiger partial charge >= 0.3 is 0 Å². The second-order valence-corrected chi connectivity index (χ2v) is 5.13. The number of rotatable bonds is 7. The SMILES string of the molecule is Cn1ccnc1CCNC(=O)C(N)CCc1ccccc1. The van der Waals surface area contributed by atoms with Crippen LogP contribution in [-0.4, -0.2) is 28.0 Å². The Morgan fingerprint density at radius 1 is 1.33 bits per heavy atom. The van der Waals surface area contributed by atoms with E-state index in [2.05, 4.69) is 10.3 Å². The van der Waals surface area contributed by atoms with Crippen LogP contribution in [0.1, 0.15) is 17.8 Å². The molecule has 1 aromatic carbocycles. The zero-order valence-electron chi connectivity index (χ0n) is 12.3. The van der Waals surface area contributed by atoms with Gasteiger partial charge in [0, 0.05) is 32.4 Å². The maximum Gasteiger partial charge on any atom is 0.236 e. The lowest BCUT2D eigenvalue weighted by Gasteiger charge is -2.12. The van der Waals surface area contributed by atoms with Crippen LogP contribution in [0.2, 0.25) is 0 Å². The Morgan fingerprint density at radius 3 is 2.76 bits per heavy atom. The Balaban J connectivity index is 1.69. The summed E-state index contributed by atoms with van der Waals surface area (Å²) in [6, 6.07) is 9.60. The van der Waals surface area contributed by atoms with Gasteiger partial charge < -0.3 is 15.6 Å². The highest BCUT2D eigenvalue weighted by Gasteiger charge is 2.13. The van der Waals surface area contributed by atoms with Crippen molar-refractivity contribution in [2.45, 2.75) is 25.3 Å². The van der Waals surface area contributed by atoms with Gasteiger partial charge in [-0.1, -0.05) is 30.3 Å². The van der Waals surface area contributed by atoms with Crippen molar-refractivity contribution in [2.75, 3.05) is 6.54 Å². The second-order valence-electron chi connectivity index (χ2n) is 5.13. The highest BCUT2D eigenvalue weighted by Crippen LogP contribution is 2.04. The molecule has 5 nitrogen and oxygen atoms in total. The molecule has 1 unspecified atom stereocenters. The molecule has 1 heterocycles. The maximum absolute atomic E-state index is 11.9. The summed E-state index contributed by atoms with van der Waals surface area (Å²) in [5.41, 5.74) is 7.12. The van der Waals surface area contributed by atoms with Crippen molar-refractivity contribution in [3.05, 3.63) is 54.1 Å². The molecule has 0 aliphatic heterocycles. The molecule has 0 radical (unpaired) electrons. The molecule has 112 valence electrons. The summed E-state index contributed by atoms with van der Waals surface area (Å²) in [4.78, 5) is 16.1. The monoisotopic (exact) mass is 286 g/mol. The fraction of sp³-hybridized carbons (Fsp3) is 0.375. The number of benzene rings is 1. The Kier molecular flexibility index (Phi) is 5.51. The summed E-state index contributed by atoms with van der Waals surface area (Å²) in [5.74, 6) is 0.855. The summed E-state index contributed by atoms with van der Waals surface area (Å²) in [5, 5.41) is 2.87. The van der Waals surface area contributed by atoms with Crippen LogP contribution >= 0.6 is 0 Å². The number of aryl methyl sites for hydroxylation is 2. The predicted molar refractivity (Wildman–Crippen MR) is 82.7 cm³/mol. The van der Waals surface area contributed by atoms with Crippen molar-refractivity contribution in [2.24, 2.45) is 12.8 Å². The summed E-state index contributed by atoms with van der Waals surface area (Å²) < 4.78 is 1.95. The van der Waals surface area contributed by atoms with E-state index < -0.39 is 6.04 Å². The van der Waals surface area contributed by atoms with Crippen molar-refractivity contribution in [1.82, 2.24) is 14.9 Å². The highest BCUT2D eigenvalue weighted by molar-refractivity contribution is 5.81. The molecule has 2 aromatic rings. The van der Waals surface area contributed by atoms with Crippen LogP contribution in [0.25, 0.3) is 0 Å². The van der Waals surface area contributed by atoms with E-state index in [1.165, 1.54) is 5.56 Å². The number of imidazole rings is 1. The second kappa shape index (κ2) is 7.59. The molecule has 21 heavy (non-hydrogen) atoms. The zero-order valence-corrected chi connectivity index (χ0v) is 12.3. The van der Waals surface area contributed by atoms with Gasteiger partial charge in [0.05, 0.1) is 6.04 Å². The van der Waals surface area contributed by atoms with Crippen LogP contribution in [-0.2, 0) is 24.7 Å². The summed E-state index contributed by atoms with van der Waals surface area (Å²) in [6.45, 7) is 0.558. The normalized spacial score (nSPS) is 12.1. The third-order valence-corrected chi connectivity index (χ3v) is 3.49. The Morgan fingerprint density at radius 2 is 2.10 bits per heavy atom. The van der Waals surface area contributed by atoms with Crippen molar-refractivity contribution in [3.63, 3.8) is 0 Å². The van der Waals surface area contributed by atoms with Crippen LogP contribution < -0.4 is 11.1 Å². The van der Waals surface area contributed by atoms with Gasteiger partial charge in [-0.25, -0.2) is 4.98 Å². The molecule has 2 rings (SSSR count). The van der Waals surface area contributed by atoms with Crippen molar-refractivity contribution < 1.29 is 4.79 Å². The van der Waals surface area contributed by atoms with E-state index in [9.17, 15) is 4.79 Å². The van der Waals surface area contributed by atoms with Gasteiger partial charge in [-0.05, 0) is 18.4 Å². The average Bonchev–Trinajstić information content (AvgIpc) is 2.91. The van der Waals surface area contributed by atoms with Gasteiger partial charge in [0.15, 0.2) is 0 Å². The van der Waals surface area contributed by atoms with Crippen molar-refractivity contribution in [3.8, 4) is 0 Å². The lowest BCUT2D eigenvalue weighted by atomic mass is 10.1. The molecule has 1 amide bonds. The van der Waals surface area contributed by atoms with Crippen LogP contribution in [0.5, 0.6) is 0 Å². The van der Waals surface area contributed by atoms with Crippen LogP contribution in [0.3, 0.4) is 0 Å². The molecular weight excluding hydrogens is 264 g/mol. The third-order valence-electron chi connectivity index (χ3n) is 3.49. The van der Waals surface area contributed by atoms with E-state index in [0.29, 0.717) is 19.4 Å². The number of hydrogen-bond donors (Lipinski definition) is 2. The molecule has 0 aliphatic carbocycles. The number of hydrogen-bond acceptors (Lipinski definition) is 3. The fourth-order valence-electron chi connectivity index (χ4n) is 2.16. The van der Waals surface area contributed by atoms with E-state index in [4.69, 9.17) is 5.73 Å². The van der Waals surface area contributed by atoms with E-state index in [1.54, 1.807) is 6.20 Å². The molecular formula is C16H22N4O. The number of amides is 1. The number of nitrogens with one attached hydrogen (secondary N) is 1. The molecule has 1 aromatic heterocycles. The molecule has 0 saturated heterocycles. The summed E-state index contributed by atoms with van der Waals surface area (Å²) in [7, 11) is 1.94. The number of aromatic nitrogens is 2. The van der Waals surface area contributed by atoms with E-state index in [-0.39, 0.29) is 5.91 Å². The van der Waals surface area contributed by atoms with Crippen LogP contribution in [0, 0.1) is 0 Å². The molecule has 0 fully saturated rings. The molecule has 0 spiro atoms. The lowest BCUT2D eigenvalue weighted by Crippen LogP contribution is -2.41. The van der Waals surface area contributed by atoms with Gasteiger partial charge in [0.25, 0.3) is 0 Å². The molecule has 0 bridgehead atoms. The van der Waals surface area contributed by atoms with Crippen molar-refractivity contribution >= 4 is 5.91 Å². The minimum Gasteiger partial charge on any atom is -0.354 e. The third kappa shape index (κ3) is 4.72. The minimum atomic E-state index is -0.466. The number of carbonyl (C=O) groups is 1. The Labute approximate surface area is 125 Å². The highest BCUT2D eigenvalue weighted by atomic mass is 16.2. The minimum absolute atomic E-state index is 0.0971. The van der Waals surface area contributed by atoms with Crippen molar-refractivity contribution in [1.29, 1.82) is 0 Å². The number of nitrogens with zero attached hydrogens (tertiary/aromatic N) is 2. The Bertz CT molecular complexity index is 565. The van der Waals surface area contributed by atoms with Gasteiger partial charge in [-0.3, -0.25) is 4.79 Å². The van der Waals surface area contributed by atoms with E-state index >= 15 is 0 Å². The standard InChI is InChI=1S/C16H22N4O/c1-20-12-11-18-15(20)9-10-19-16(21)14(17)8-7-13-5-3-2-4-6-13/h2-6,11-12,14H,7-10,17H2,1H3,(H,19,21). The average molecular weight is 286 g/mol.